The zero-order valence-corrected chi connectivity index (χ0v) is 10.9. The van der Waals surface area contributed by atoms with Crippen LogP contribution >= 0.6 is 24.8 Å². The number of benzene rings is 1. The van der Waals surface area contributed by atoms with Gasteiger partial charge in [-0.25, -0.2) is 4.99 Å². The number of rotatable bonds is 3. The van der Waals surface area contributed by atoms with Gasteiger partial charge in [0.1, 0.15) is 5.75 Å². The van der Waals surface area contributed by atoms with Gasteiger partial charge in [0, 0.05) is 12.1 Å². The van der Waals surface area contributed by atoms with Gasteiger partial charge in [-0.3, -0.25) is 0 Å². The number of aliphatic imine (C=N–C) groups is 1. The lowest BCUT2D eigenvalue weighted by atomic mass is 10.2. The minimum atomic E-state index is 0. The van der Waals surface area contributed by atoms with E-state index in [4.69, 9.17) is 16.2 Å². The Morgan fingerprint density at radius 1 is 1.38 bits per heavy atom. The van der Waals surface area contributed by atoms with Gasteiger partial charge in [-0.05, 0) is 25.1 Å². The molecule has 92 valence electrons. The van der Waals surface area contributed by atoms with Crippen molar-refractivity contribution in [1.82, 2.24) is 0 Å². The zero-order chi connectivity index (χ0) is 10.6. The van der Waals surface area contributed by atoms with Gasteiger partial charge in [-0.2, -0.15) is 0 Å². The standard InChI is InChI=1S/C10H15N3O.2ClH/c1-7(12)13-9-3-4-10(14-2)8(5-9)6-11;;/h3-5H,6,11H2,1-2H3,(H2,12,13);2*1H. The first kappa shape index (κ1) is 17.4. The first-order chi connectivity index (χ1) is 6.67. The summed E-state index contributed by atoms with van der Waals surface area (Å²) in [6.45, 7) is 2.17. The molecule has 16 heavy (non-hydrogen) atoms. The molecule has 0 heterocycles. The number of halogens is 2. The maximum Gasteiger partial charge on any atom is 0.123 e. The van der Waals surface area contributed by atoms with E-state index in [1.54, 1.807) is 14.0 Å². The molecular formula is C10H17Cl2N3O. The van der Waals surface area contributed by atoms with E-state index >= 15 is 0 Å². The minimum Gasteiger partial charge on any atom is -0.496 e. The van der Waals surface area contributed by atoms with Crippen molar-refractivity contribution >= 4 is 36.3 Å². The van der Waals surface area contributed by atoms with Crippen LogP contribution < -0.4 is 16.2 Å². The Morgan fingerprint density at radius 3 is 2.44 bits per heavy atom. The molecule has 0 aromatic heterocycles. The van der Waals surface area contributed by atoms with Crippen LogP contribution in [0.3, 0.4) is 0 Å². The summed E-state index contributed by atoms with van der Waals surface area (Å²) in [5.41, 5.74) is 12.8. The van der Waals surface area contributed by atoms with Crippen molar-refractivity contribution in [2.45, 2.75) is 13.5 Å². The molecule has 0 radical (unpaired) electrons. The van der Waals surface area contributed by atoms with E-state index in [2.05, 4.69) is 4.99 Å². The number of amidine groups is 1. The summed E-state index contributed by atoms with van der Waals surface area (Å²) in [5, 5.41) is 0. The van der Waals surface area contributed by atoms with Crippen molar-refractivity contribution in [2.75, 3.05) is 7.11 Å². The third kappa shape index (κ3) is 4.70. The molecule has 4 N–H and O–H groups in total. The van der Waals surface area contributed by atoms with Gasteiger partial charge in [-0.15, -0.1) is 24.8 Å². The third-order valence-electron chi connectivity index (χ3n) is 1.79. The van der Waals surface area contributed by atoms with Crippen LogP contribution in [0.15, 0.2) is 23.2 Å². The number of hydrogen-bond donors (Lipinski definition) is 2. The highest BCUT2D eigenvalue weighted by molar-refractivity contribution is 5.85. The summed E-state index contributed by atoms with van der Waals surface area (Å²) in [4.78, 5) is 4.13. The predicted octanol–water partition coefficient (Wildman–Crippen LogP) is 2.01. The zero-order valence-electron chi connectivity index (χ0n) is 9.27. The fourth-order valence-corrected chi connectivity index (χ4v) is 1.20. The van der Waals surface area contributed by atoms with Crippen LogP contribution in [0.25, 0.3) is 0 Å². The van der Waals surface area contributed by atoms with E-state index in [9.17, 15) is 0 Å². The van der Waals surface area contributed by atoms with E-state index in [0.29, 0.717) is 12.4 Å². The molecule has 1 aromatic rings. The monoisotopic (exact) mass is 265 g/mol. The Balaban J connectivity index is 0. The molecule has 0 aliphatic carbocycles. The normalized spacial score (nSPS) is 10.1. The van der Waals surface area contributed by atoms with Gasteiger partial charge in [0.25, 0.3) is 0 Å². The second kappa shape index (κ2) is 8.21. The highest BCUT2D eigenvalue weighted by Gasteiger charge is 2.01. The average Bonchev–Trinajstić information content (AvgIpc) is 2.16. The van der Waals surface area contributed by atoms with E-state index in [0.717, 1.165) is 17.0 Å². The number of nitrogens with two attached hydrogens (primary N) is 2. The van der Waals surface area contributed by atoms with Crippen molar-refractivity contribution in [3.63, 3.8) is 0 Å². The van der Waals surface area contributed by atoms with Crippen LogP contribution in [0, 0.1) is 0 Å². The first-order valence-electron chi connectivity index (χ1n) is 4.35. The molecule has 0 atom stereocenters. The molecule has 0 unspecified atom stereocenters. The molecule has 1 rings (SSSR count). The van der Waals surface area contributed by atoms with Gasteiger partial charge < -0.3 is 16.2 Å². The van der Waals surface area contributed by atoms with Crippen LogP contribution in [-0.4, -0.2) is 12.9 Å². The minimum absolute atomic E-state index is 0. The topological polar surface area (TPSA) is 73.6 Å². The number of hydrogen-bond acceptors (Lipinski definition) is 3. The molecular weight excluding hydrogens is 249 g/mol. The van der Waals surface area contributed by atoms with Crippen molar-refractivity contribution in [3.8, 4) is 5.75 Å². The predicted molar refractivity (Wildman–Crippen MR) is 72.3 cm³/mol. The Bertz CT molecular complexity index is 352. The highest BCUT2D eigenvalue weighted by atomic mass is 35.5. The fraction of sp³-hybridized carbons (Fsp3) is 0.300. The van der Waals surface area contributed by atoms with Crippen molar-refractivity contribution in [3.05, 3.63) is 23.8 Å². The van der Waals surface area contributed by atoms with Crippen LogP contribution in [-0.2, 0) is 6.54 Å². The lowest BCUT2D eigenvalue weighted by molar-refractivity contribution is 0.410. The Kier molecular flexibility index (Phi) is 8.95. The molecule has 0 amide bonds. The molecule has 0 bridgehead atoms. The molecule has 0 aliphatic rings. The van der Waals surface area contributed by atoms with Gasteiger partial charge in [-0.1, -0.05) is 0 Å². The molecule has 1 aromatic carbocycles. The summed E-state index contributed by atoms with van der Waals surface area (Å²) in [6.07, 6.45) is 0. The number of methoxy groups -OCH3 is 1. The highest BCUT2D eigenvalue weighted by Crippen LogP contribution is 2.23. The molecule has 0 fully saturated rings. The van der Waals surface area contributed by atoms with Crippen LogP contribution in [0.2, 0.25) is 0 Å². The fourth-order valence-electron chi connectivity index (χ4n) is 1.20. The SMILES string of the molecule is COc1ccc(N=C(C)N)cc1CN.Cl.Cl. The molecule has 6 heteroatoms. The van der Waals surface area contributed by atoms with Crippen LogP contribution in [0.4, 0.5) is 5.69 Å². The number of nitrogens with zero attached hydrogens (tertiary/aromatic N) is 1. The van der Waals surface area contributed by atoms with Gasteiger partial charge in [0.2, 0.25) is 0 Å². The van der Waals surface area contributed by atoms with Gasteiger partial charge in [0.15, 0.2) is 0 Å². The second-order valence-corrected chi connectivity index (χ2v) is 2.95. The summed E-state index contributed by atoms with van der Waals surface area (Å²) in [5.74, 6) is 1.30. The maximum absolute atomic E-state index is 5.57. The lowest BCUT2D eigenvalue weighted by Gasteiger charge is -2.06. The summed E-state index contributed by atoms with van der Waals surface area (Å²) in [6, 6.07) is 5.55. The van der Waals surface area contributed by atoms with E-state index in [-0.39, 0.29) is 24.8 Å². The van der Waals surface area contributed by atoms with Crippen molar-refractivity contribution < 1.29 is 4.74 Å². The number of ether oxygens (including phenoxy) is 1. The van der Waals surface area contributed by atoms with Crippen LogP contribution in [0.5, 0.6) is 5.75 Å². The van der Waals surface area contributed by atoms with E-state index < -0.39 is 0 Å². The third-order valence-corrected chi connectivity index (χ3v) is 1.79. The second-order valence-electron chi connectivity index (χ2n) is 2.95. The summed E-state index contributed by atoms with van der Waals surface area (Å²) >= 11 is 0. The largest absolute Gasteiger partial charge is 0.496 e. The molecule has 0 saturated heterocycles. The van der Waals surface area contributed by atoms with Gasteiger partial charge in [0.05, 0.1) is 18.6 Å². The first-order valence-corrected chi connectivity index (χ1v) is 4.35. The van der Waals surface area contributed by atoms with E-state index in [1.165, 1.54) is 0 Å². The molecule has 0 saturated carbocycles. The Morgan fingerprint density at radius 2 is 2.00 bits per heavy atom. The Labute approximate surface area is 108 Å². The Hall–Kier alpha value is -0.970. The van der Waals surface area contributed by atoms with Crippen LogP contribution in [0.1, 0.15) is 12.5 Å². The smallest absolute Gasteiger partial charge is 0.123 e. The molecule has 4 nitrogen and oxygen atoms in total. The van der Waals surface area contributed by atoms with E-state index in [1.807, 2.05) is 18.2 Å². The summed E-state index contributed by atoms with van der Waals surface area (Å²) < 4.78 is 5.14. The maximum atomic E-state index is 5.57. The van der Waals surface area contributed by atoms with Crippen molar-refractivity contribution in [2.24, 2.45) is 16.5 Å². The van der Waals surface area contributed by atoms with Crippen molar-refractivity contribution in [1.29, 1.82) is 0 Å². The summed E-state index contributed by atoms with van der Waals surface area (Å²) in [7, 11) is 1.62. The molecule has 0 spiro atoms. The lowest BCUT2D eigenvalue weighted by Crippen LogP contribution is -2.04. The average molecular weight is 266 g/mol. The van der Waals surface area contributed by atoms with Gasteiger partial charge >= 0.3 is 0 Å². The molecule has 0 aliphatic heterocycles. The quantitative estimate of drug-likeness (QED) is 0.649.